The number of hydrogen-bond acceptors (Lipinski definition) is 1. The molecule has 0 bridgehead atoms. The SMILES string of the molecule is O=Cc1ccc2cccc(F)c2c1. The van der Waals surface area contributed by atoms with E-state index in [4.69, 9.17) is 0 Å². The van der Waals surface area contributed by atoms with Crippen molar-refractivity contribution in [3.63, 3.8) is 0 Å². The molecule has 2 heteroatoms. The highest BCUT2D eigenvalue weighted by molar-refractivity contribution is 5.89. The highest BCUT2D eigenvalue weighted by Gasteiger charge is 1.99. The van der Waals surface area contributed by atoms with Crippen LogP contribution in [0.15, 0.2) is 36.4 Å². The first-order valence-electron chi connectivity index (χ1n) is 3.95. The van der Waals surface area contributed by atoms with Crippen molar-refractivity contribution in [1.29, 1.82) is 0 Å². The third kappa shape index (κ3) is 1.31. The minimum absolute atomic E-state index is 0.291. The Morgan fingerprint density at radius 1 is 1.15 bits per heavy atom. The van der Waals surface area contributed by atoms with Crippen LogP contribution >= 0.6 is 0 Å². The van der Waals surface area contributed by atoms with Gasteiger partial charge in [0, 0.05) is 10.9 Å². The molecule has 64 valence electrons. The molecule has 1 nitrogen and oxygen atoms in total. The molecule has 2 aromatic carbocycles. The predicted octanol–water partition coefficient (Wildman–Crippen LogP) is 2.79. The largest absolute Gasteiger partial charge is 0.298 e. The van der Waals surface area contributed by atoms with Crippen molar-refractivity contribution in [2.75, 3.05) is 0 Å². The van der Waals surface area contributed by atoms with E-state index in [1.54, 1.807) is 24.3 Å². The molecule has 0 aromatic heterocycles. The number of hydrogen-bond donors (Lipinski definition) is 0. The van der Waals surface area contributed by atoms with E-state index >= 15 is 0 Å². The van der Waals surface area contributed by atoms with Crippen LogP contribution in [0.5, 0.6) is 0 Å². The van der Waals surface area contributed by atoms with Crippen LogP contribution in [0.25, 0.3) is 10.8 Å². The van der Waals surface area contributed by atoms with Gasteiger partial charge in [-0.25, -0.2) is 4.39 Å². The molecular weight excluding hydrogens is 167 g/mol. The average Bonchev–Trinajstić information content (AvgIpc) is 2.18. The quantitative estimate of drug-likeness (QED) is 0.607. The maximum absolute atomic E-state index is 13.2. The summed E-state index contributed by atoms with van der Waals surface area (Å²) < 4.78 is 13.2. The molecule has 13 heavy (non-hydrogen) atoms. The molecule has 0 fully saturated rings. The lowest BCUT2D eigenvalue weighted by atomic mass is 10.1. The van der Waals surface area contributed by atoms with Crippen LogP contribution in [-0.2, 0) is 0 Å². The number of benzene rings is 2. The van der Waals surface area contributed by atoms with E-state index in [0.29, 0.717) is 17.2 Å². The van der Waals surface area contributed by atoms with Crippen molar-refractivity contribution in [2.45, 2.75) is 0 Å². The molecule has 0 saturated heterocycles. The zero-order valence-corrected chi connectivity index (χ0v) is 6.83. The maximum Gasteiger partial charge on any atom is 0.150 e. The highest BCUT2D eigenvalue weighted by atomic mass is 19.1. The Balaban J connectivity index is 2.81. The highest BCUT2D eigenvalue weighted by Crippen LogP contribution is 2.18. The van der Waals surface area contributed by atoms with Gasteiger partial charge in [0.15, 0.2) is 0 Å². The van der Waals surface area contributed by atoms with Crippen molar-refractivity contribution >= 4 is 17.1 Å². The molecule has 0 aliphatic heterocycles. The van der Waals surface area contributed by atoms with Crippen LogP contribution in [0.3, 0.4) is 0 Å². The minimum atomic E-state index is -0.291. The van der Waals surface area contributed by atoms with Gasteiger partial charge in [0.25, 0.3) is 0 Å². The van der Waals surface area contributed by atoms with Gasteiger partial charge in [0.1, 0.15) is 12.1 Å². The van der Waals surface area contributed by atoms with E-state index in [-0.39, 0.29) is 5.82 Å². The van der Waals surface area contributed by atoms with Gasteiger partial charge in [-0.2, -0.15) is 0 Å². The molecule has 0 radical (unpaired) electrons. The molecule has 0 N–H and O–H groups in total. The number of fused-ring (bicyclic) bond motifs is 1. The molecule has 2 rings (SSSR count). The molecular formula is C11H7FO. The predicted molar refractivity (Wildman–Crippen MR) is 49.3 cm³/mol. The summed E-state index contributed by atoms with van der Waals surface area (Å²) in [4.78, 5) is 10.4. The monoisotopic (exact) mass is 174 g/mol. The van der Waals surface area contributed by atoms with Crippen LogP contribution < -0.4 is 0 Å². The lowest BCUT2D eigenvalue weighted by molar-refractivity contribution is 0.112. The van der Waals surface area contributed by atoms with Crippen LogP contribution in [0.1, 0.15) is 10.4 Å². The number of carbonyl (C=O) groups is 1. The summed E-state index contributed by atoms with van der Waals surface area (Å²) in [6, 6.07) is 9.82. The van der Waals surface area contributed by atoms with Gasteiger partial charge in [-0.3, -0.25) is 4.79 Å². The second-order valence-electron chi connectivity index (χ2n) is 2.84. The van der Waals surface area contributed by atoms with E-state index in [9.17, 15) is 9.18 Å². The summed E-state index contributed by atoms with van der Waals surface area (Å²) in [5.74, 6) is -0.291. The van der Waals surface area contributed by atoms with E-state index in [1.807, 2.05) is 6.07 Å². The maximum atomic E-state index is 13.2. The van der Waals surface area contributed by atoms with Gasteiger partial charge < -0.3 is 0 Å². The Morgan fingerprint density at radius 2 is 2.00 bits per heavy atom. The molecule has 2 aromatic rings. The van der Waals surface area contributed by atoms with Gasteiger partial charge in [-0.1, -0.05) is 24.3 Å². The zero-order chi connectivity index (χ0) is 9.26. The van der Waals surface area contributed by atoms with Crippen LogP contribution in [0.4, 0.5) is 4.39 Å². The van der Waals surface area contributed by atoms with Gasteiger partial charge >= 0.3 is 0 Å². The molecule has 0 heterocycles. The smallest absolute Gasteiger partial charge is 0.150 e. The van der Waals surface area contributed by atoms with Crippen molar-refractivity contribution in [3.05, 3.63) is 47.8 Å². The van der Waals surface area contributed by atoms with Gasteiger partial charge in [-0.05, 0) is 17.5 Å². The molecule has 0 spiro atoms. The van der Waals surface area contributed by atoms with Crippen LogP contribution in [0, 0.1) is 5.82 Å². The summed E-state index contributed by atoms with van der Waals surface area (Å²) >= 11 is 0. The minimum Gasteiger partial charge on any atom is -0.298 e. The molecule has 0 aliphatic carbocycles. The second-order valence-corrected chi connectivity index (χ2v) is 2.84. The van der Waals surface area contributed by atoms with Gasteiger partial charge in [0.05, 0.1) is 0 Å². The summed E-state index contributed by atoms with van der Waals surface area (Å²) in [6.07, 6.45) is 0.714. The lowest BCUT2D eigenvalue weighted by Crippen LogP contribution is -1.83. The first-order valence-corrected chi connectivity index (χ1v) is 3.95. The van der Waals surface area contributed by atoms with Crippen LogP contribution in [0.2, 0.25) is 0 Å². The zero-order valence-electron chi connectivity index (χ0n) is 6.83. The topological polar surface area (TPSA) is 17.1 Å². The molecule has 0 unspecified atom stereocenters. The number of halogens is 1. The summed E-state index contributed by atoms with van der Waals surface area (Å²) in [5.41, 5.74) is 0.498. The third-order valence-electron chi connectivity index (χ3n) is 1.99. The Labute approximate surface area is 74.8 Å². The summed E-state index contributed by atoms with van der Waals surface area (Å²) in [7, 11) is 0. The average molecular weight is 174 g/mol. The lowest BCUT2D eigenvalue weighted by Gasteiger charge is -1.98. The normalized spacial score (nSPS) is 10.2. The van der Waals surface area contributed by atoms with E-state index in [1.165, 1.54) is 6.07 Å². The fraction of sp³-hybridized carbons (Fsp3) is 0. The Kier molecular flexibility index (Phi) is 1.81. The molecule has 0 amide bonds. The summed E-state index contributed by atoms with van der Waals surface area (Å²) in [6.45, 7) is 0. The van der Waals surface area contributed by atoms with E-state index < -0.39 is 0 Å². The first-order chi connectivity index (χ1) is 6.31. The van der Waals surface area contributed by atoms with Crippen LogP contribution in [-0.4, -0.2) is 6.29 Å². The number of carbonyl (C=O) groups excluding carboxylic acids is 1. The third-order valence-corrected chi connectivity index (χ3v) is 1.99. The van der Waals surface area contributed by atoms with E-state index in [0.717, 1.165) is 5.39 Å². The number of aldehydes is 1. The standard InChI is InChI=1S/C11H7FO/c12-11-3-1-2-9-5-4-8(7-13)6-10(9)11/h1-7H. The molecule has 0 atom stereocenters. The van der Waals surface area contributed by atoms with Crippen molar-refractivity contribution in [1.82, 2.24) is 0 Å². The number of rotatable bonds is 1. The second kappa shape index (κ2) is 2.98. The Bertz CT molecular complexity index is 463. The first kappa shape index (κ1) is 7.92. The Morgan fingerprint density at radius 3 is 2.77 bits per heavy atom. The van der Waals surface area contributed by atoms with Gasteiger partial charge in [-0.15, -0.1) is 0 Å². The van der Waals surface area contributed by atoms with Crippen molar-refractivity contribution < 1.29 is 9.18 Å². The summed E-state index contributed by atoms with van der Waals surface area (Å²) in [5, 5.41) is 1.30. The Hall–Kier alpha value is -1.70. The fourth-order valence-electron chi connectivity index (χ4n) is 1.33. The van der Waals surface area contributed by atoms with Gasteiger partial charge in [0.2, 0.25) is 0 Å². The molecule has 0 aliphatic rings. The van der Waals surface area contributed by atoms with E-state index in [2.05, 4.69) is 0 Å². The van der Waals surface area contributed by atoms with Crippen molar-refractivity contribution in [2.24, 2.45) is 0 Å². The fourth-order valence-corrected chi connectivity index (χ4v) is 1.33. The van der Waals surface area contributed by atoms with Crippen molar-refractivity contribution in [3.8, 4) is 0 Å². The molecule has 0 saturated carbocycles.